The molecule has 10 rings (SSSR count). The number of thiophene rings is 1. The number of imidazole rings is 1. The maximum atomic E-state index is 7.28. The standard InChI is InChI=1S/C40H28N3S.C13H12N.Ir/c1-26-21-32(28-11-5-3-6-12-28)39(33(22-26)29-13-7-4-8-14-29)43-37-16-10-9-15-36(37)42-40(43)35-25-44-38-18-17-30(24-34(35)38)31-19-20-41-27(2)23-31;1-10-3-6-12(7-4-10)13-8-5-11(2)9-14-13;/h3-24H,1-2H3;3-6,8-9H,1-2H3;/q2*-1;/i;1D3,2D3;. The number of aryl methyl sites for hydroxylation is 4. The second-order valence-corrected chi connectivity index (χ2v) is 14.9. The number of rotatable bonds is 6. The van der Waals surface area contributed by atoms with Gasteiger partial charge in [0, 0.05) is 57.5 Å². The van der Waals surface area contributed by atoms with Crippen LogP contribution in [-0.2, 0) is 20.1 Å². The largest absolute Gasteiger partial charge is 0.332 e. The predicted octanol–water partition coefficient (Wildman–Crippen LogP) is 13.9. The number of fused-ring (bicyclic) bond motifs is 2. The van der Waals surface area contributed by atoms with E-state index in [9.17, 15) is 0 Å². The van der Waals surface area contributed by atoms with Crippen LogP contribution >= 0.6 is 11.3 Å². The van der Waals surface area contributed by atoms with Crippen LogP contribution in [0.1, 0.15) is 30.6 Å². The van der Waals surface area contributed by atoms with Crippen molar-refractivity contribution in [2.75, 3.05) is 0 Å². The van der Waals surface area contributed by atoms with Crippen molar-refractivity contribution in [1.29, 1.82) is 0 Å². The van der Waals surface area contributed by atoms with Crippen LogP contribution in [0.25, 0.3) is 82.8 Å². The summed E-state index contributed by atoms with van der Waals surface area (Å²) >= 11 is 1.64. The van der Waals surface area contributed by atoms with Crippen LogP contribution in [0.4, 0.5) is 0 Å². The Bertz CT molecular complexity index is 3140. The second kappa shape index (κ2) is 17.3. The molecule has 4 heterocycles. The van der Waals surface area contributed by atoms with Gasteiger partial charge in [0.2, 0.25) is 0 Å². The summed E-state index contributed by atoms with van der Waals surface area (Å²) in [6.07, 6.45) is 3.18. The predicted molar refractivity (Wildman–Crippen MR) is 242 cm³/mol. The smallest absolute Gasteiger partial charge is 0.0774 e. The van der Waals surface area contributed by atoms with Crippen molar-refractivity contribution in [3.8, 4) is 61.7 Å². The monoisotopic (exact) mass is 963 g/mol. The Morgan fingerprint density at radius 2 is 1.32 bits per heavy atom. The molecule has 1 radical (unpaired) electrons. The topological polar surface area (TPSA) is 43.6 Å². The molecule has 0 spiro atoms. The first-order valence-corrected chi connectivity index (χ1v) is 19.7. The summed E-state index contributed by atoms with van der Waals surface area (Å²) in [5, 5.41) is 4.81. The Kier molecular flexibility index (Phi) is 9.56. The van der Waals surface area contributed by atoms with Crippen LogP contribution < -0.4 is 0 Å². The molecule has 6 aromatic carbocycles. The molecular weight excluding hydrogens is 917 g/mol. The molecule has 0 atom stereocenters. The maximum Gasteiger partial charge on any atom is 0.0774 e. The van der Waals surface area contributed by atoms with Gasteiger partial charge in [-0.3, -0.25) is 21.3 Å². The molecule has 0 aliphatic carbocycles. The van der Waals surface area contributed by atoms with Gasteiger partial charge in [-0.15, -0.1) is 40.8 Å². The quantitative estimate of drug-likeness (QED) is 0.156. The summed E-state index contributed by atoms with van der Waals surface area (Å²) in [6.45, 7) is -0.129. The molecule has 0 fully saturated rings. The Balaban J connectivity index is 0.000000232. The normalized spacial score (nSPS) is 12.8. The first-order valence-electron chi connectivity index (χ1n) is 21.9. The van der Waals surface area contributed by atoms with Crippen molar-refractivity contribution in [3.05, 3.63) is 204 Å². The van der Waals surface area contributed by atoms with E-state index in [-0.39, 0.29) is 31.2 Å². The number of benzene rings is 6. The second-order valence-electron chi connectivity index (χ2n) is 14.1. The van der Waals surface area contributed by atoms with Gasteiger partial charge in [0.25, 0.3) is 0 Å². The summed E-state index contributed by atoms with van der Waals surface area (Å²) in [5.74, 6) is 0.888. The fraction of sp³-hybridized carbons (Fsp3) is 0.0755. The molecule has 10 aromatic rings. The van der Waals surface area contributed by atoms with Gasteiger partial charge in [0.15, 0.2) is 0 Å². The van der Waals surface area contributed by atoms with Gasteiger partial charge in [-0.25, -0.2) is 0 Å². The average molecular weight is 963 g/mol. The number of pyridine rings is 2. The summed E-state index contributed by atoms with van der Waals surface area (Å²) in [5.41, 5.74) is 14.9. The third-order valence-electron chi connectivity index (χ3n) is 10.0. The van der Waals surface area contributed by atoms with E-state index < -0.39 is 13.7 Å². The number of aromatic nitrogens is 4. The van der Waals surface area contributed by atoms with Crippen LogP contribution in [0.3, 0.4) is 0 Å². The zero-order chi connectivity index (χ0) is 44.6. The van der Waals surface area contributed by atoms with Crippen molar-refractivity contribution in [3.63, 3.8) is 0 Å². The Morgan fingerprint density at radius 1 is 0.627 bits per heavy atom. The van der Waals surface area contributed by atoms with Gasteiger partial charge in [-0.05, 0) is 96.2 Å². The van der Waals surface area contributed by atoms with E-state index in [0.717, 1.165) is 50.3 Å². The molecule has 59 heavy (non-hydrogen) atoms. The van der Waals surface area contributed by atoms with E-state index >= 15 is 0 Å². The van der Waals surface area contributed by atoms with Gasteiger partial charge >= 0.3 is 0 Å². The molecule has 0 bridgehead atoms. The van der Waals surface area contributed by atoms with E-state index in [1.54, 1.807) is 23.5 Å². The van der Waals surface area contributed by atoms with Crippen LogP contribution in [-0.4, -0.2) is 19.5 Å². The van der Waals surface area contributed by atoms with Gasteiger partial charge < -0.3 is 9.55 Å². The van der Waals surface area contributed by atoms with Crippen LogP contribution in [0.2, 0.25) is 0 Å². The van der Waals surface area contributed by atoms with Crippen LogP contribution in [0.5, 0.6) is 0 Å². The Morgan fingerprint density at radius 3 is 1.98 bits per heavy atom. The molecule has 0 saturated carbocycles. The van der Waals surface area contributed by atoms with Crippen LogP contribution in [0.15, 0.2) is 170 Å². The van der Waals surface area contributed by atoms with E-state index in [4.69, 9.17) is 13.2 Å². The Hall–Kier alpha value is -6.30. The Labute approximate surface area is 371 Å². The minimum atomic E-state index is -2.18. The summed E-state index contributed by atoms with van der Waals surface area (Å²) < 4.78 is 47.2. The van der Waals surface area contributed by atoms with E-state index in [1.165, 1.54) is 56.9 Å². The zero-order valence-corrected chi connectivity index (χ0v) is 35.4. The van der Waals surface area contributed by atoms with Gasteiger partial charge in [-0.1, -0.05) is 126 Å². The number of para-hydroxylation sites is 2. The zero-order valence-electron chi connectivity index (χ0n) is 38.2. The molecule has 0 aliphatic heterocycles. The minimum Gasteiger partial charge on any atom is -0.332 e. The van der Waals surface area contributed by atoms with Crippen LogP contribution in [0, 0.1) is 39.0 Å². The summed E-state index contributed by atoms with van der Waals surface area (Å²) in [7, 11) is 0. The SMILES string of the molecule is Cc1cc(-c2ccccc2)c(-n2c(-c3[c-]sc4ccc(-c5ccnc(C)c5)cc34)nc3ccccc32)c(-c2ccccc2)c1.[2H]C([2H])([2H])c1c[c-]c(-c2ccc(C([2H])([2H])[2H])cn2)cc1.[Ir]. The minimum absolute atomic E-state index is 0. The number of nitrogens with zero attached hydrogens (tertiary/aromatic N) is 4. The van der Waals surface area contributed by atoms with Crippen molar-refractivity contribution in [1.82, 2.24) is 19.5 Å². The van der Waals surface area contributed by atoms with E-state index in [0.29, 0.717) is 11.3 Å². The van der Waals surface area contributed by atoms with E-state index in [2.05, 4.69) is 160 Å². The molecule has 289 valence electrons. The summed E-state index contributed by atoms with van der Waals surface area (Å²) in [4.78, 5) is 13.8. The summed E-state index contributed by atoms with van der Waals surface area (Å²) in [6, 6.07) is 55.7. The first-order chi connectivity index (χ1) is 30.8. The molecule has 0 unspecified atom stereocenters. The van der Waals surface area contributed by atoms with Gasteiger partial charge in [0.1, 0.15) is 0 Å². The number of hydrogen-bond acceptors (Lipinski definition) is 4. The van der Waals surface area contributed by atoms with Gasteiger partial charge in [-0.2, -0.15) is 0 Å². The van der Waals surface area contributed by atoms with Crippen molar-refractivity contribution >= 4 is 32.5 Å². The third-order valence-corrected chi connectivity index (χ3v) is 10.9. The molecule has 4 aromatic heterocycles. The molecule has 4 nitrogen and oxygen atoms in total. The van der Waals surface area contributed by atoms with Crippen molar-refractivity contribution in [2.24, 2.45) is 0 Å². The fourth-order valence-corrected chi connectivity index (χ4v) is 8.12. The fourth-order valence-electron chi connectivity index (χ4n) is 7.30. The third kappa shape index (κ3) is 8.21. The molecule has 0 saturated heterocycles. The maximum absolute atomic E-state index is 7.28. The molecular formula is C53H40IrN4S-2. The molecule has 6 heteroatoms. The van der Waals surface area contributed by atoms with Gasteiger partial charge in [0.05, 0.1) is 22.5 Å². The molecule has 0 amide bonds. The average Bonchev–Trinajstić information content (AvgIpc) is 3.90. The van der Waals surface area contributed by atoms with Crippen molar-refractivity contribution in [2.45, 2.75) is 27.6 Å². The first kappa shape index (κ1) is 32.6. The molecule has 0 N–H and O–H groups in total. The van der Waals surface area contributed by atoms with Crippen molar-refractivity contribution < 1.29 is 28.3 Å². The number of hydrogen-bond donors (Lipinski definition) is 0. The van der Waals surface area contributed by atoms with E-state index in [1.807, 2.05) is 13.1 Å². The molecule has 0 aliphatic rings.